The molecule has 0 saturated heterocycles. The summed E-state index contributed by atoms with van der Waals surface area (Å²) in [4.78, 5) is 8.25. The first-order valence-corrected chi connectivity index (χ1v) is 3.53. The lowest BCUT2D eigenvalue weighted by atomic mass is 10.5. The van der Waals surface area contributed by atoms with Gasteiger partial charge in [-0.05, 0) is 0 Å². The van der Waals surface area contributed by atoms with E-state index >= 15 is 0 Å². The fraction of sp³-hybridized carbons (Fsp3) is 0. The van der Waals surface area contributed by atoms with E-state index in [1.54, 1.807) is 0 Å². The third-order valence-electron chi connectivity index (χ3n) is 0.679. The molecule has 1 heterocycles. The number of pyridine rings is 1. The highest BCUT2D eigenvalue weighted by molar-refractivity contribution is 14.1. The number of aromatic nitrogens is 1. The van der Waals surface area contributed by atoms with Gasteiger partial charge in [-0.3, -0.25) is 0 Å². The summed E-state index contributed by atoms with van der Waals surface area (Å²) in [6, 6.07) is 5.98. The molecule has 0 aliphatic rings. The lowest BCUT2D eigenvalue weighted by Gasteiger charge is -1.74. The van der Waals surface area contributed by atoms with E-state index in [0.29, 0.717) is 0 Å². The summed E-state index contributed by atoms with van der Waals surface area (Å²) in [5.41, 5.74) is 0. The molecule has 0 amide bonds. The average Bonchev–Trinajstić information content (AvgIpc) is 1.87. The van der Waals surface area contributed by atoms with Crippen molar-refractivity contribution in [1.82, 2.24) is 0 Å². The van der Waals surface area contributed by atoms with Gasteiger partial charge in [0.05, 0.1) is 5.09 Å². The van der Waals surface area contributed by atoms with Crippen molar-refractivity contribution >= 4 is 22.9 Å². The summed E-state index contributed by atoms with van der Waals surface area (Å²) < 4.78 is 1.97. The molecule has 0 saturated carbocycles. The van der Waals surface area contributed by atoms with E-state index in [0.717, 1.165) is 0 Å². The van der Waals surface area contributed by atoms with Gasteiger partial charge in [0.1, 0.15) is 0 Å². The van der Waals surface area contributed by atoms with Crippen LogP contribution in [0.4, 0.5) is 0 Å². The minimum atomic E-state index is -1.75. The van der Waals surface area contributed by atoms with Gasteiger partial charge in [0.2, 0.25) is 0 Å². The molecule has 0 aromatic carbocycles. The monoisotopic (exact) mass is 268 g/mol. The third kappa shape index (κ3) is 9.08. The van der Waals surface area contributed by atoms with Gasteiger partial charge in [-0.2, -0.15) is 0 Å². The molecule has 0 atom stereocenters. The minimum absolute atomic E-state index is 1.75. The van der Waals surface area contributed by atoms with Crippen molar-refractivity contribution < 1.29 is 7.87 Å². The van der Waals surface area contributed by atoms with Gasteiger partial charge < -0.3 is 15.3 Å². The second kappa shape index (κ2) is 5.83. The Balaban J connectivity index is 0.000000218. The van der Waals surface area contributed by atoms with Crippen LogP contribution in [-0.2, 0) is 0 Å². The number of hydrogen-bond acceptors (Lipinski definition) is 3. The van der Waals surface area contributed by atoms with Gasteiger partial charge >= 0.3 is 22.9 Å². The molecule has 0 bridgehead atoms. The lowest BCUT2D eigenvalue weighted by molar-refractivity contribution is -0.440. The molecule has 60 valence electrons. The Bertz CT molecular complexity index is 212. The van der Waals surface area contributed by atoms with Crippen LogP contribution in [0.25, 0.3) is 0 Å². The quantitative estimate of drug-likeness (QED) is 0.399. The summed E-state index contributed by atoms with van der Waals surface area (Å²) in [6.07, 6.45) is 3.97. The van der Waals surface area contributed by atoms with Gasteiger partial charge in [-0.1, -0.05) is 6.07 Å². The van der Waals surface area contributed by atoms with Gasteiger partial charge in [-0.25, -0.2) is 0 Å². The first-order valence-electron chi connectivity index (χ1n) is 2.57. The average molecular weight is 268 g/mol. The second-order valence-corrected chi connectivity index (χ2v) is 2.56. The molecular formula is C5H5IN2O3. The van der Waals surface area contributed by atoms with Gasteiger partial charge in [0, 0.05) is 12.1 Å². The van der Waals surface area contributed by atoms with Crippen LogP contribution in [0, 0.1) is 15.3 Å². The standard InChI is InChI=1S/C5H5IN.NO3/c6-7-4-2-1-3-5-7;2-1(3)4/h1-5H;/q+1;-1. The Kier molecular flexibility index (Phi) is 5.35. The highest BCUT2D eigenvalue weighted by Crippen LogP contribution is 1.77. The molecule has 0 N–H and O–H groups in total. The molecule has 0 unspecified atom stereocenters. The van der Waals surface area contributed by atoms with Crippen molar-refractivity contribution in [3.8, 4) is 0 Å². The van der Waals surface area contributed by atoms with E-state index in [1.165, 1.54) is 0 Å². The Morgan fingerprint density at radius 1 is 1.18 bits per heavy atom. The van der Waals surface area contributed by atoms with Crippen LogP contribution in [0.3, 0.4) is 0 Å². The molecule has 11 heavy (non-hydrogen) atoms. The molecular weight excluding hydrogens is 263 g/mol. The maximum Gasteiger partial charge on any atom is 0.353 e. The summed E-state index contributed by atoms with van der Waals surface area (Å²) in [7, 11) is 0. The van der Waals surface area contributed by atoms with Crippen LogP contribution < -0.4 is 2.78 Å². The van der Waals surface area contributed by atoms with E-state index in [9.17, 15) is 0 Å². The van der Waals surface area contributed by atoms with E-state index in [-0.39, 0.29) is 0 Å². The minimum Gasteiger partial charge on any atom is -0.356 e. The summed E-state index contributed by atoms with van der Waals surface area (Å²) >= 11 is 2.20. The second-order valence-electron chi connectivity index (χ2n) is 1.44. The zero-order valence-electron chi connectivity index (χ0n) is 5.38. The zero-order valence-corrected chi connectivity index (χ0v) is 7.54. The molecule has 0 radical (unpaired) electrons. The number of halogens is 1. The van der Waals surface area contributed by atoms with Crippen molar-refractivity contribution in [1.29, 1.82) is 0 Å². The van der Waals surface area contributed by atoms with Crippen LogP contribution >= 0.6 is 22.9 Å². The van der Waals surface area contributed by atoms with E-state index in [2.05, 4.69) is 22.9 Å². The van der Waals surface area contributed by atoms with Crippen molar-refractivity contribution in [2.45, 2.75) is 0 Å². The fourth-order valence-corrected chi connectivity index (χ4v) is 0.749. The van der Waals surface area contributed by atoms with Gasteiger partial charge in [0.25, 0.3) is 0 Å². The number of nitrogens with zero attached hydrogens (tertiary/aromatic N) is 2. The Hall–Kier alpha value is -0.920. The maximum atomic E-state index is 8.25. The summed E-state index contributed by atoms with van der Waals surface area (Å²) in [6.45, 7) is 0. The smallest absolute Gasteiger partial charge is 0.353 e. The maximum absolute atomic E-state index is 8.25. The number of hydrogen-bond donors (Lipinski definition) is 0. The van der Waals surface area contributed by atoms with Crippen LogP contribution in [0.2, 0.25) is 0 Å². The Labute approximate surface area is 76.9 Å². The predicted octanol–water partition coefficient (Wildman–Crippen LogP) is 0.933. The van der Waals surface area contributed by atoms with Crippen molar-refractivity contribution in [2.75, 3.05) is 0 Å². The molecule has 0 spiro atoms. The summed E-state index contributed by atoms with van der Waals surface area (Å²) in [5.74, 6) is 0. The van der Waals surface area contributed by atoms with E-state index < -0.39 is 5.09 Å². The van der Waals surface area contributed by atoms with Crippen molar-refractivity contribution in [3.05, 3.63) is 45.9 Å². The lowest BCUT2D eigenvalue weighted by Crippen LogP contribution is -2.14. The topological polar surface area (TPSA) is 70.1 Å². The van der Waals surface area contributed by atoms with Crippen LogP contribution in [-0.4, -0.2) is 5.09 Å². The van der Waals surface area contributed by atoms with Gasteiger partial charge in [0.15, 0.2) is 12.4 Å². The highest BCUT2D eigenvalue weighted by Gasteiger charge is 1.82. The zero-order chi connectivity index (χ0) is 8.69. The fourth-order valence-electron chi connectivity index (χ4n) is 0.378. The highest BCUT2D eigenvalue weighted by atomic mass is 127. The van der Waals surface area contributed by atoms with E-state index in [4.69, 9.17) is 15.3 Å². The SMILES string of the molecule is I[n+]1ccccc1.O=[N+]([O-])[O-]. The first-order chi connectivity index (χ1) is 5.13. The molecule has 1 rings (SSSR count). The first kappa shape index (κ1) is 10.1. The largest absolute Gasteiger partial charge is 0.356 e. The van der Waals surface area contributed by atoms with Crippen LogP contribution in [0.15, 0.2) is 30.6 Å². The van der Waals surface area contributed by atoms with Crippen molar-refractivity contribution in [3.63, 3.8) is 0 Å². The molecule has 5 nitrogen and oxygen atoms in total. The Morgan fingerprint density at radius 3 is 1.73 bits per heavy atom. The molecule has 1 aromatic heterocycles. The normalized spacial score (nSPS) is 7.73. The van der Waals surface area contributed by atoms with Crippen LogP contribution in [0.5, 0.6) is 0 Å². The molecule has 6 heteroatoms. The van der Waals surface area contributed by atoms with Crippen molar-refractivity contribution in [2.24, 2.45) is 0 Å². The molecule has 0 fully saturated rings. The predicted molar refractivity (Wildman–Crippen MR) is 46.4 cm³/mol. The molecule has 0 aliphatic heterocycles. The number of rotatable bonds is 0. The molecule has 1 aromatic rings. The third-order valence-corrected chi connectivity index (χ3v) is 1.32. The Morgan fingerprint density at radius 2 is 1.55 bits per heavy atom. The summed E-state index contributed by atoms with van der Waals surface area (Å²) in [5, 5.41) is 14.8. The van der Waals surface area contributed by atoms with Crippen LogP contribution in [0.1, 0.15) is 0 Å². The van der Waals surface area contributed by atoms with E-state index in [1.807, 2.05) is 33.4 Å². The molecule has 0 aliphatic carbocycles. The van der Waals surface area contributed by atoms with Gasteiger partial charge in [-0.15, -0.1) is 2.78 Å².